The highest BCUT2D eigenvalue weighted by Crippen LogP contribution is 2.33. The second kappa shape index (κ2) is 5.10. The molecule has 5 nitrogen and oxygen atoms in total. The van der Waals surface area contributed by atoms with Gasteiger partial charge in [-0.3, -0.25) is 0 Å². The van der Waals surface area contributed by atoms with Gasteiger partial charge in [-0.1, -0.05) is 6.07 Å². The Hall–Kier alpha value is -2.74. The molecule has 0 saturated heterocycles. The minimum absolute atomic E-state index is 0.271. The molecule has 0 amide bonds. The van der Waals surface area contributed by atoms with Crippen LogP contribution in [0.5, 0.6) is 11.5 Å². The van der Waals surface area contributed by atoms with E-state index < -0.39 is 0 Å². The number of aromatic nitrogens is 1. The molecule has 100 valence electrons. The lowest BCUT2D eigenvalue weighted by atomic mass is 10.2. The Kier molecular flexibility index (Phi) is 3.13. The van der Waals surface area contributed by atoms with Gasteiger partial charge in [0, 0.05) is 19.8 Å². The van der Waals surface area contributed by atoms with Crippen LogP contribution in [0.2, 0.25) is 0 Å². The maximum atomic E-state index is 9.11. The molecule has 1 aromatic heterocycles. The fraction of sp³-hybridized carbons (Fsp3) is 0.200. The lowest BCUT2D eigenvalue weighted by molar-refractivity contribution is 0.174. The smallest absolute Gasteiger partial charge is 0.231 e. The third-order valence-corrected chi connectivity index (χ3v) is 3.13. The molecule has 0 atom stereocenters. The van der Waals surface area contributed by atoms with E-state index in [0.717, 1.165) is 17.1 Å². The topological polar surface area (TPSA) is 58.4 Å². The van der Waals surface area contributed by atoms with Crippen LogP contribution in [0.4, 0.5) is 5.82 Å². The van der Waals surface area contributed by atoms with Crippen molar-refractivity contribution in [3.8, 4) is 17.6 Å². The van der Waals surface area contributed by atoms with Gasteiger partial charge < -0.3 is 14.4 Å². The van der Waals surface area contributed by atoms with Gasteiger partial charge >= 0.3 is 0 Å². The maximum Gasteiger partial charge on any atom is 0.231 e. The number of nitrogens with zero attached hydrogens (tertiary/aromatic N) is 3. The van der Waals surface area contributed by atoms with E-state index in [-0.39, 0.29) is 6.79 Å². The highest BCUT2D eigenvalue weighted by atomic mass is 16.7. The number of pyridine rings is 1. The Morgan fingerprint density at radius 2 is 2.15 bits per heavy atom. The minimum Gasteiger partial charge on any atom is -0.454 e. The fourth-order valence-electron chi connectivity index (χ4n) is 2.18. The molecule has 0 radical (unpaired) electrons. The van der Waals surface area contributed by atoms with Crippen LogP contribution >= 0.6 is 0 Å². The Morgan fingerprint density at radius 3 is 3.00 bits per heavy atom. The highest BCUT2D eigenvalue weighted by molar-refractivity contribution is 5.53. The van der Waals surface area contributed by atoms with Crippen molar-refractivity contribution in [2.75, 3.05) is 18.7 Å². The van der Waals surface area contributed by atoms with Crippen molar-refractivity contribution >= 4 is 5.82 Å². The summed E-state index contributed by atoms with van der Waals surface area (Å²) in [6, 6.07) is 11.5. The van der Waals surface area contributed by atoms with E-state index in [9.17, 15) is 0 Å². The van der Waals surface area contributed by atoms with E-state index >= 15 is 0 Å². The van der Waals surface area contributed by atoms with Crippen molar-refractivity contribution < 1.29 is 9.47 Å². The van der Waals surface area contributed by atoms with Crippen LogP contribution in [-0.2, 0) is 6.54 Å². The minimum atomic E-state index is 0.271. The largest absolute Gasteiger partial charge is 0.454 e. The number of benzene rings is 1. The number of rotatable bonds is 3. The first kappa shape index (κ1) is 12.3. The quantitative estimate of drug-likeness (QED) is 0.854. The number of ether oxygens (including phenoxy) is 2. The van der Waals surface area contributed by atoms with Gasteiger partial charge in [0.25, 0.3) is 0 Å². The van der Waals surface area contributed by atoms with Crippen LogP contribution in [0, 0.1) is 11.3 Å². The number of hydrogen-bond acceptors (Lipinski definition) is 5. The standard InChI is InChI=1S/C15H13N3O2/c1-18(15-12(8-16)3-2-6-17-15)9-11-4-5-13-14(7-11)20-10-19-13/h2-7H,9-10H2,1H3. The molecule has 0 saturated carbocycles. The molecule has 2 aromatic rings. The molecular formula is C15H13N3O2. The van der Waals surface area contributed by atoms with E-state index in [1.165, 1.54) is 0 Å². The Balaban J connectivity index is 1.82. The predicted octanol–water partition coefficient (Wildman–Crippen LogP) is 2.32. The third kappa shape index (κ3) is 2.24. The summed E-state index contributed by atoms with van der Waals surface area (Å²) in [4.78, 5) is 6.21. The SMILES string of the molecule is CN(Cc1ccc2c(c1)OCO2)c1ncccc1C#N. The molecule has 2 heterocycles. The fourth-order valence-corrected chi connectivity index (χ4v) is 2.18. The molecule has 0 spiro atoms. The first-order valence-electron chi connectivity index (χ1n) is 6.22. The van der Waals surface area contributed by atoms with Crippen LogP contribution < -0.4 is 14.4 Å². The van der Waals surface area contributed by atoms with E-state index in [4.69, 9.17) is 14.7 Å². The Labute approximate surface area is 117 Å². The lowest BCUT2D eigenvalue weighted by Crippen LogP contribution is -2.18. The summed E-state index contributed by atoms with van der Waals surface area (Å²) in [5.41, 5.74) is 1.64. The van der Waals surface area contributed by atoms with Crippen molar-refractivity contribution in [3.63, 3.8) is 0 Å². The van der Waals surface area contributed by atoms with Gasteiger partial charge in [0.15, 0.2) is 11.5 Å². The van der Waals surface area contributed by atoms with Gasteiger partial charge in [-0.2, -0.15) is 5.26 Å². The van der Waals surface area contributed by atoms with Gasteiger partial charge in [-0.05, 0) is 29.8 Å². The van der Waals surface area contributed by atoms with Crippen LogP contribution in [0.25, 0.3) is 0 Å². The van der Waals surface area contributed by atoms with E-state index in [1.807, 2.05) is 30.1 Å². The average Bonchev–Trinajstić information content (AvgIpc) is 2.94. The highest BCUT2D eigenvalue weighted by Gasteiger charge is 2.15. The molecule has 0 N–H and O–H groups in total. The zero-order chi connectivity index (χ0) is 13.9. The molecule has 1 aliphatic heterocycles. The van der Waals surface area contributed by atoms with Crippen molar-refractivity contribution in [1.29, 1.82) is 5.26 Å². The van der Waals surface area contributed by atoms with Gasteiger partial charge in [0.05, 0.1) is 5.56 Å². The normalized spacial score (nSPS) is 12.0. The third-order valence-electron chi connectivity index (χ3n) is 3.13. The van der Waals surface area contributed by atoms with Crippen molar-refractivity contribution in [3.05, 3.63) is 47.7 Å². The number of fused-ring (bicyclic) bond motifs is 1. The monoisotopic (exact) mass is 267 g/mol. The molecular weight excluding hydrogens is 254 g/mol. The van der Waals surface area contributed by atoms with Gasteiger partial charge in [0.1, 0.15) is 11.9 Å². The molecule has 20 heavy (non-hydrogen) atoms. The van der Waals surface area contributed by atoms with Gasteiger partial charge in [-0.15, -0.1) is 0 Å². The molecule has 0 bridgehead atoms. The zero-order valence-corrected chi connectivity index (χ0v) is 11.0. The second-order valence-corrected chi connectivity index (χ2v) is 4.53. The van der Waals surface area contributed by atoms with Gasteiger partial charge in [-0.25, -0.2) is 4.98 Å². The number of anilines is 1. The van der Waals surface area contributed by atoms with Crippen molar-refractivity contribution in [1.82, 2.24) is 4.98 Å². The molecule has 5 heteroatoms. The summed E-state index contributed by atoms with van der Waals surface area (Å²) < 4.78 is 10.7. The zero-order valence-electron chi connectivity index (χ0n) is 11.0. The first-order chi connectivity index (χ1) is 9.78. The van der Waals surface area contributed by atoms with Crippen LogP contribution in [0.15, 0.2) is 36.5 Å². The van der Waals surface area contributed by atoms with Crippen LogP contribution in [-0.4, -0.2) is 18.8 Å². The predicted molar refractivity (Wildman–Crippen MR) is 73.6 cm³/mol. The van der Waals surface area contributed by atoms with E-state index in [1.54, 1.807) is 18.3 Å². The van der Waals surface area contributed by atoms with Crippen molar-refractivity contribution in [2.45, 2.75) is 6.54 Å². The number of hydrogen-bond donors (Lipinski definition) is 0. The van der Waals surface area contributed by atoms with E-state index in [2.05, 4.69) is 11.1 Å². The molecule has 1 aliphatic rings. The summed E-state index contributed by atoms with van der Waals surface area (Å²) in [7, 11) is 1.91. The van der Waals surface area contributed by atoms with Crippen LogP contribution in [0.3, 0.4) is 0 Å². The average molecular weight is 267 g/mol. The van der Waals surface area contributed by atoms with Crippen LogP contribution in [0.1, 0.15) is 11.1 Å². The Morgan fingerprint density at radius 1 is 1.30 bits per heavy atom. The summed E-state index contributed by atoms with van der Waals surface area (Å²) in [6.45, 7) is 0.912. The first-order valence-corrected chi connectivity index (χ1v) is 6.22. The molecule has 0 aliphatic carbocycles. The van der Waals surface area contributed by atoms with E-state index in [0.29, 0.717) is 17.9 Å². The molecule has 3 rings (SSSR count). The van der Waals surface area contributed by atoms with Gasteiger partial charge in [0.2, 0.25) is 6.79 Å². The molecule has 0 unspecified atom stereocenters. The second-order valence-electron chi connectivity index (χ2n) is 4.53. The Bertz CT molecular complexity index is 679. The number of nitriles is 1. The summed E-state index contributed by atoms with van der Waals surface area (Å²) in [6.07, 6.45) is 1.69. The summed E-state index contributed by atoms with van der Waals surface area (Å²) >= 11 is 0. The molecule has 1 aromatic carbocycles. The maximum absolute atomic E-state index is 9.11. The van der Waals surface area contributed by atoms with Crippen molar-refractivity contribution in [2.24, 2.45) is 0 Å². The summed E-state index contributed by atoms with van der Waals surface area (Å²) in [5, 5.41) is 9.11. The lowest BCUT2D eigenvalue weighted by Gasteiger charge is -2.19. The molecule has 0 fully saturated rings. The summed E-state index contributed by atoms with van der Waals surface area (Å²) in [5.74, 6) is 2.21.